The minimum absolute atomic E-state index is 0.243. The van der Waals surface area contributed by atoms with Crippen molar-refractivity contribution in [3.8, 4) is 0 Å². The summed E-state index contributed by atoms with van der Waals surface area (Å²) in [6.07, 6.45) is 6.68. The summed E-state index contributed by atoms with van der Waals surface area (Å²) < 4.78 is 0. The minimum Gasteiger partial charge on any atom is -0.392 e. The van der Waals surface area contributed by atoms with Crippen LogP contribution in [0.4, 0.5) is 0 Å². The van der Waals surface area contributed by atoms with Crippen LogP contribution in [0.25, 0.3) is 0 Å². The number of likely N-dealkylation sites (tertiary alicyclic amines) is 3. The van der Waals surface area contributed by atoms with E-state index < -0.39 is 0 Å². The number of amides is 1. The third kappa shape index (κ3) is 4.43. The van der Waals surface area contributed by atoms with Crippen molar-refractivity contribution in [3.05, 3.63) is 0 Å². The highest BCUT2D eigenvalue weighted by Crippen LogP contribution is 2.21. The van der Waals surface area contributed by atoms with Gasteiger partial charge in [0.25, 0.3) is 0 Å². The number of piperidine rings is 2. The molecule has 22 heavy (non-hydrogen) atoms. The molecule has 1 unspecified atom stereocenters. The molecule has 3 aliphatic heterocycles. The van der Waals surface area contributed by atoms with E-state index in [2.05, 4.69) is 9.80 Å². The van der Waals surface area contributed by atoms with Crippen molar-refractivity contribution in [1.82, 2.24) is 14.7 Å². The zero-order valence-corrected chi connectivity index (χ0v) is 13.8. The molecule has 0 aromatic rings. The molecule has 3 aliphatic rings. The third-order valence-corrected chi connectivity index (χ3v) is 5.52. The molecule has 0 bridgehead atoms. The third-order valence-electron chi connectivity index (χ3n) is 5.52. The van der Waals surface area contributed by atoms with Crippen LogP contribution in [-0.4, -0.2) is 84.2 Å². The van der Waals surface area contributed by atoms with Gasteiger partial charge in [-0.1, -0.05) is 0 Å². The number of nitrogens with zero attached hydrogens (tertiary/aromatic N) is 3. The highest BCUT2D eigenvalue weighted by Gasteiger charge is 2.27. The largest absolute Gasteiger partial charge is 0.392 e. The zero-order valence-electron chi connectivity index (χ0n) is 13.8. The van der Waals surface area contributed by atoms with Crippen molar-refractivity contribution in [1.29, 1.82) is 0 Å². The molecule has 3 fully saturated rings. The van der Waals surface area contributed by atoms with Gasteiger partial charge in [0.05, 0.1) is 12.6 Å². The molecule has 1 atom stereocenters. The Bertz CT molecular complexity index is 363. The second-order valence-corrected chi connectivity index (χ2v) is 7.36. The lowest BCUT2D eigenvalue weighted by Gasteiger charge is -2.36. The number of aliphatic hydroxyl groups excluding tert-OH is 1. The maximum atomic E-state index is 12.4. The van der Waals surface area contributed by atoms with Gasteiger partial charge in [-0.05, 0) is 64.1 Å². The number of rotatable bonds is 4. The fourth-order valence-electron chi connectivity index (χ4n) is 4.16. The van der Waals surface area contributed by atoms with Gasteiger partial charge in [-0.3, -0.25) is 9.69 Å². The summed E-state index contributed by atoms with van der Waals surface area (Å²) in [6, 6.07) is 0. The first-order valence-corrected chi connectivity index (χ1v) is 9.11. The van der Waals surface area contributed by atoms with Crippen LogP contribution in [0.5, 0.6) is 0 Å². The van der Waals surface area contributed by atoms with Gasteiger partial charge in [0.1, 0.15) is 0 Å². The van der Waals surface area contributed by atoms with Crippen molar-refractivity contribution in [2.45, 2.75) is 44.6 Å². The van der Waals surface area contributed by atoms with Gasteiger partial charge in [-0.2, -0.15) is 0 Å². The smallest absolute Gasteiger partial charge is 0.236 e. The standard InChI is InChI=1S/C17H31N3O2/c21-16-4-3-9-19(13-16)14-17(22)20-10-5-15(6-11-20)12-18-7-1-2-8-18/h15-16,21H,1-14H2. The van der Waals surface area contributed by atoms with Crippen LogP contribution >= 0.6 is 0 Å². The molecule has 5 nitrogen and oxygen atoms in total. The van der Waals surface area contributed by atoms with Gasteiger partial charge < -0.3 is 14.9 Å². The molecule has 0 spiro atoms. The quantitative estimate of drug-likeness (QED) is 0.834. The van der Waals surface area contributed by atoms with Crippen LogP contribution in [0, 0.1) is 5.92 Å². The highest BCUT2D eigenvalue weighted by atomic mass is 16.3. The Morgan fingerprint density at radius 2 is 1.59 bits per heavy atom. The molecular formula is C17H31N3O2. The molecule has 126 valence electrons. The molecule has 1 amide bonds. The normalized spacial score (nSPS) is 29.1. The predicted octanol–water partition coefficient (Wildman–Crippen LogP) is 0.778. The van der Waals surface area contributed by atoms with Crippen LogP contribution in [0.2, 0.25) is 0 Å². The zero-order chi connectivity index (χ0) is 15.4. The summed E-state index contributed by atoms with van der Waals surface area (Å²) >= 11 is 0. The number of hydrogen-bond acceptors (Lipinski definition) is 4. The Hall–Kier alpha value is -0.650. The maximum absolute atomic E-state index is 12.4. The molecule has 3 rings (SSSR count). The highest BCUT2D eigenvalue weighted by molar-refractivity contribution is 5.78. The van der Waals surface area contributed by atoms with Crippen LogP contribution in [-0.2, 0) is 4.79 Å². The molecule has 0 aromatic heterocycles. The van der Waals surface area contributed by atoms with E-state index in [1.54, 1.807) is 0 Å². The molecule has 0 aromatic carbocycles. The Labute approximate surface area is 134 Å². The van der Waals surface area contributed by atoms with Crippen LogP contribution in [0.3, 0.4) is 0 Å². The topological polar surface area (TPSA) is 47.0 Å². The number of aliphatic hydroxyl groups is 1. The Morgan fingerprint density at radius 3 is 2.27 bits per heavy atom. The summed E-state index contributed by atoms with van der Waals surface area (Å²) in [5, 5.41) is 9.70. The molecule has 1 N–H and O–H groups in total. The van der Waals surface area contributed by atoms with Crippen molar-refractivity contribution in [2.75, 3.05) is 52.4 Å². The summed E-state index contributed by atoms with van der Waals surface area (Å²) in [7, 11) is 0. The summed E-state index contributed by atoms with van der Waals surface area (Å²) in [6.45, 7) is 7.74. The van der Waals surface area contributed by atoms with Crippen LogP contribution in [0.15, 0.2) is 0 Å². The summed E-state index contributed by atoms with van der Waals surface area (Å²) in [5.41, 5.74) is 0. The Kier molecular flexibility index (Phi) is 5.71. The van der Waals surface area contributed by atoms with E-state index in [-0.39, 0.29) is 12.0 Å². The average molecular weight is 309 g/mol. The van der Waals surface area contributed by atoms with E-state index in [4.69, 9.17) is 0 Å². The van der Waals surface area contributed by atoms with E-state index in [0.29, 0.717) is 13.1 Å². The minimum atomic E-state index is -0.243. The van der Waals surface area contributed by atoms with Gasteiger partial charge in [-0.25, -0.2) is 0 Å². The van der Waals surface area contributed by atoms with Gasteiger partial charge in [0.2, 0.25) is 5.91 Å². The van der Waals surface area contributed by atoms with E-state index in [0.717, 1.165) is 51.2 Å². The van der Waals surface area contributed by atoms with Gasteiger partial charge >= 0.3 is 0 Å². The molecular weight excluding hydrogens is 278 g/mol. The molecule has 3 heterocycles. The lowest BCUT2D eigenvalue weighted by molar-refractivity contribution is -0.134. The van der Waals surface area contributed by atoms with Crippen LogP contribution < -0.4 is 0 Å². The summed E-state index contributed by atoms with van der Waals surface area (Å²) in [5.74, 6) is 1.03. The van der Waals surface area contributed by atoms with Gasteiger partial charge in [0, 0.05) is 26.2 Å². The number of carbonyl (C=O) groups is 1. The predicted molar refractivity (Wildman–Crippen MR) is 86.7 cm³/mol. The summed E-state index contributed by atoms with van der Waals surface area (Å²) in [4.78, 5) is 19.2. The monoisotopic (exact) mass is 309 g/mol. The maximum Gasteiger partial charge on any atom is 0.236 e. The Morgan fingerprint density at radius 1 is 0.909 bits per heavy atom. The lowest BCUT2D eigenvalue weighted by atomic mass is 9.96. The second kappa shape index (κ2) is 7.75. The van der Waals surface area contributed by atoms with Gasteiger partial charge in [0.15, 0.2) is 0 Å². The number of β-amino-alcohol motifs (C(OH)–C–C–N with tert-alkyl or cyclic N) is 1. The van der Waals surface area contributed by atoms with Crippen LogP contribution in [0.1, 0.15) is 38.5 Å². The second-order valence-electron chi connectivity index (χ2n) is 7.36. The van der Waals surface area contributed by atoms with Crippen molar-refractivity contribution in [3.63, 3.8) is 0 Å². The molecule has 5 heteroatoms. The molecule has 0 saturated carbocycles. The lowest BCUT2D eigenvalue weighted by Crippen LogP contribution is -2.48. The number of carbonyl (C=O) groups excluding carboxylic acids is 1. The van der Waals surface area contributed by atoms with E-state index in [9.17, 15) is 9.90 Å². The number of hydrogen-bond donors (Lipinski definition) is 1. The van der Waals surface area contributed by atoms with Gasteiger partial charge in [-0.15, -0.1) is 0 Å². The first-order chi connectivity index (χ1) is 10.7. The van der Waals surface area contributed by atoms with E-state index in [1.165, 1.54) is 32.5 Å². The first kappa shape index (κ1) is 16.2. The van der Waals surface area contributed by atoms with Crippen molar-refractivity contribution >= 4 is 5.91 Å². The molecule has 3 saturated heterocycles. The SMILES string of the molecule is O=C(CN1CCCC(O)C1)N1CCC(CN2CCCC2)CC1. The Balaban J connectivity index is 1.37. The van der Waals surface area contributed by atoms with E-state index >= 15 is 0 Å². The average Bonchev–Trinajstić information content (AvgIpc) is 3.01. The molecule has 0 radical (unpaired) electrons. The fraction of sp³-hybridized carbons (Fsp3) is 0.941. The van der Waals surface area contributed by atoms with Crippen molar-refractivity contribution in [2.24, 2.45) is 5.92 Å². The van der Waals surface area contributed by atoms with E-state index in [1.807, 2.05) is 4.90 Å². The van der Waals surface area contributed by atoms with Crippen molar-refractivity contribution < 1.29 is 9.90 Å². The molecule has 0 aliphatic carbocycles. The fourth-order valence-corrected chi connectivity index (χ4v) is 4.16. The first-order valence-electron chi connectivity index (χ1n) is 9.11.